The Bertz CT molecular complexity index is 760. The standard InChI is InChI=1S/C19H20N2O2S2/c1-23-16-8-6-14(7-9-16)12-21-18(22)17-5-3-2-4-15(17)13-25-19-20-10-11-24-19/h2-9H,10-13H2,1H3,(H,21,22). The Balaban J connectivity index is 1.60. The van der Waals surface area contributed by atoms with Crippen molar-refractivity contribution in [3.8, 4) is 5.75 Å². The fourth-order valence-electron chi connectivity index (χ4n) is 2.43. The summed E-state index contributed by atoms with van der Waals surface area (Å²) >= 11 is 3.49. The van der Waals surface area contributed by atoms with Crippen molar-refractivity contribution < 1.29 is 9.53 Å². The van der Waals surface area contributed by atoms with E-state index in [2.05, 4.69) is 10.3 Å². The molecule has 0 saturated carbocycles. The number of ether oxygens (including phenoxy) is 1. The third-order valence-corrected chi connectivity index (χ3v) is 6.08. The van der Waals surface area contributed by atoms with Gasteiger partial charge in [-0.25, -0.2) is 0 Å². The first-order chi connectivity index (χ1) is 12.3. The van der Waals surface area contributed by atoms with Crippen LogP contribution in [-0.4, -0.2) is 29.7 Å². The van der Waals surface area contributed by atoms with Crippen molar-refractivity contribution in [2.45, 2.75) is 12.3 Å². The zero-order chi connectivity index (χ0) is 17.5. The minimum atomic E-state index is -0.0481. The zero-order valence-corrected chi connectivity index (χ0v) is 15.7. The molecule has 0 aromatic heterocycles. The van der Waals surface area contributed by atoms with Crippen LogP contribution >= 0.6 is 23.5 Å². The fourth-order valence-corrected chi connectivity index (χ4v) is 4.44. The number of carbonyl (C=O) groups excluding carboxylic acids is 1. The molecule has 4 nitrogen and oxygen atoms in total. The molecule has 1 aliphatic rings. The van der Waals surface area contributed by atoms with Gasteiger partial charge in [0.2, 0.25) is 0 Å². The third kappa shape index (κ3) is 5.03. The summed E-state index contributed by atoms with van der Waals surface area (Å²) in [5, 5.41) is 3.00. The predicted molar refractivity (Wildman–Crippen MR) is 107 cm³/mol. The number of hydrogen-bond acceptors (Lipinski definition) is 5. The van der Waals surface area contributed by atoms with Crippen LogP contribution in [0.2, 0.25) is 0 Å². The van der Waals surface area contributed by atoms with Gasteiger partial charge >= 0.3 is 0 Å². The third-order valence-electron chi connectivity index (χ3n) is 3.78. The summed E-state index contributed by atoms with van der Waals surface area (Å²) in [5.74, 6) is 2.59. The van der Waals surface area contributed by atoms with Crippen molar-refractivity contribution in [2.24, 2.45) is 4.99 Å². The maximum atomic E-state index is 12.6. The quantitative estimate of drug-likeness (QED) is 0.834. The molecule has 3 rings (SSSR count). The molecule has 1 amide bonds. The molecule has 130 valence electrons. The van der Waals surface area contributed by atoms with E-state index in [1.807, 2.05) is 48.5 Å². The number of methoxy groups -OCH3 is 1. The first-order valence-corrected chi connectivity index (χ1v) is 10.0. The van der Waals surface area contributed by atoms with Gasteiger partial charge in [0.05, 0.1) is 13.7 Å². The van der Waals surface area contributed by atoms with Crippen LogP contribution in [0.25, 0.3) is 0 Å². The van der Waals surface area contributed by atoms with E-state index in [0.717, 1.165) is 44.9 Å². The van der Waals surface area contributed by atoms with Gasteiger partial charge in [-0.1, -0.05) is 53.9 Å². The van der Waals surface area contributed by atoms with Crippen LogP contribution in [0, 0.1) is 0 Å². The minimum absolute atomic E-state index is 0.0481. The molecule has 6 heteroatoms. The summed E-state index contributed by atoms with van der Waals surface area (Å²) in [6.45, 7) is 1.39. The number of nitrogens with zero attached hydrogens (tertiary/aromatic N) is 1. The Morgan fingerprint density at radius 3 is 2.76 bits per heavy atom. The van der Waals surface area contributed by atoms with Crippen LogP contribution < -0.4 is 10.1 Å². The molecule has 0 bridgehead atoms. The average molecular weight is 373 g/mol. The van der Waals surface area contributed by atoms with Crippen molar-refractivity contribution in [3.63, 3.8) is 0 Å². The van der Waals surface area contributed by atoms with E-state index in [1.165, 1.54) is 0 Å². The second kappa shape index (κ2) is 8.97. The number of aliphatic imine (C=N–C) groups is 1. The van der Waals surface area contributed by atoms with Crippen LogP contribution in [0.1, 0.15) is 21.5 Å². The molecule has 0 spiro atoms. The number of benzene rings is 2. The number of hydrogen-bond donors (Lipinski definition) is 1. The summed E-state index contributed by atoms with van der Waals surface area (Å²) in [6.07, 6.45) is 0. The van der Waals surface area contributed by atoms with E-state index >= 15 is 0 Å². The molecule has 0 unspecified atom stereocenters. The SMILES string of the molecule is COc1ccc(CNC(=O)c2ccccc2CSC2=NCCS2)cc1. The number of nitrogens with one attached hydrogen (secondary N) is 1. The van der Waals surface area contributed by atoms with Gasteiger partial charge in [-0.3, -0.25) is 9.79 Å². The van der Waals surface area contributed by atoms with E-state index < -0.39 is 0 Å². The van der Waals surface area contributed by atoms with E-state index in [4.69, 9.17) is 4.74 Å². The lowest BCUT2D eigenvalue weighted by molar-refractivity contribution is 0.0950. The second-order valence-corrected chi connectivity index (χ2v) is 7.78. The van der Waals surface area contributed by atoms with Gasteiger partial charge in [0, 0.05) is 23.6 Å². The Labute approximate surface area is 156 Å². The summed E-state index contributed by atoms with van der Waals surface area (Å²) in [5.41, 5.74) is 2.81. The minimum Gasteiger partial charge on any atom is -0.497 e. The first-order valence-electron chi connectivity index (χ1n) is 8.05. The number of thioether (sulfide) groups is 2. The molecular formula is C19H20N2O2S2. The van der Waals surface area contributed by atoms with Crippen LogP contribution in [0.4, 0.5) is 0 Å². The summed E-state index contributed by atoms with van der Waals surface area (Å²) in [6, 6.07) is 15.5. The highest BCUT2D eigenvalue weighted by molar-refractivity contribution is 8.38. The van der Waals surface area contributed by atoms with Gasteiger partial charge in [0.25, 0.3) is 5.91 Å². The van der Waals surface area contributed by atoms with Crippen molar-refractivity contribution in [1.29, 1.82) is 0 Å². The van der Waals surface area contributed by atoms with Gasteiger partial charge in [-0.05, 0) is 29.3 Å². The predicted octanol–water partition coefficient (Wildman–Crippen LogP) is 3.96. The Kier molecular flexibility index (Phi) is 6.42. The molecule has 0 atom stereocenters. The highest BCUT2D eigenvalue weighted by Crippen LogP contribution is 2.26. The second-order valence-electron chi connectivity index (χ2n) is 5.47. The fraction of sp³-hybridized carbons (Fsp3) is 0.263. The highest BCUT2D eigenvalue weighted by Gasteiger charge is 2.13. The van der Waals surface area contributed by atoms with Crippen LogP contribution in [-0.2, 0) is 12.3 Å². The van der Waals surface area contributed by atoms with Crippen LogP contribution in [0.3, 0.4) is 0 Å². The van der Waals surface area contributed by atoms with E-state index in [0.29, 0.717) is 6.54 Å². The topological polar surface area (TPSA) is 50.7 Å². The zero-order valence-electron chi connectivity index (χ0n) is 14.0. The van der Waals surface area contributed by atoms with Gasteiger partial charge in [-0.15, -0.1) is 0 Å². The number of amides is 1. The summed E-state index contributed by atoms with van der Waals surface area (Å²) in [7, 11) is 1.64. The average Bonchev–Trinajstić information content (AvgIpc) is 3.18. The lowest BCUT2D eigenvalue weighted by Gasteiger charge is -2.10. The lowest BCUT2D eigenvalue weighted by Crippen LogP contribution is -2.23. The summed E-state index contributed by atoms with van der Waals surface area (Å²) < 4.78 is 6.27. The normalized spacial score (nSPS) is 13.4. The number of carbonyl (C=O) groups is 1. The van der Waals surface area contributed by atoms with Gasteiger partial charge in [0.15, 0.2) is 0 Å². The molecule has 1 aliphatic heterocycles. The molecule has 0 aliphatic carbocycles. The molecule has 1 heterocycles. The molecule has 1 N–H and O–H groups in total. The van der Waals surface area contributed by atoms with E-state index in [9.17, 15) is 4.79 Å². The molecule has 0 radical (unpaired) electrons. The van der Waals surface area contributed by atoms with Gasteiger partial charge in [0.1, 0.15) is 10.1 Å². The lowest BCUT2D eigenvalue weighted by atomic mass is 10.1. The van der Waals surface area contributed by atoms with Crippen molar-refractivity contribution >= 4 is 33.8 Å². The molecule has 0 saturated heterocycles. The molecular weight excluding hydrogens is 352 g/mol. The van der Waals surface area contributed by atoms with Crippen LogP contribution in [0.5, 0.6) is 5.75 Å². The Morgan fingerprint density at radius 1 is 1.24 bits per heavy atom. The van der Waals surface area contributed by atoms with E-state index in [1.54, 1.807) is 30.6 Å². The van der Waals surface area contributed by atoms with Crippen molar-refractivity contribution in [3.05, 3.63) is 65.2 Å². The Morgan fingerprint density at radius 2 is 2.04 bits per heavy atom. The molecule has 0 fully saturated rings. The molecule has 25 heavy (non-hydrogen) atoms. The highest BCUT2D eigenvalue weighted by atomic mass is 32.2. The van der Waals surface area contributed by atoms with E-state index in [-0.39, 0.29) is 5.91 Å². The molecule has 2 aromatic rings. The first kappa shape index (κ1) is 17.9. The summed E-state index contributed by atoms with van der Waals surface area (Å²) in [4.78, 5) is 17.0. The largest absolute Gasteiger partial charge is 0.497 e. The van der Waals surface area contributed by atoms with Crippen molar-refractivity contribution in [1.82, 2.24) is 5.32 Å². The van der Waals surface area contributed by atoms with Crippen molar-refractivity contribution in [2.75, 3.05) is 19.4 Å². The van der Waals surface area contributed by atoms with Gasteiger partial charge in [-0.2, -0.15) is 0 Å². The maximum absolute atomic E-state index is 12.6. The Hall–Kier alpha value is -1.92. The maximum Gasteiger partial charge on any atom is 0.251 e. The smallest absolute Gasteiger partial charge is 0.251 e. The van der Waals surface area contributed by atoms with Crippen LogP contribution in [0.15, 0.2) is 53.5 Å². The van der Waals surface area contributed by atoms with Gasteiger partial charge < -0.3 is 10.1 Å². The number of rotatable bonds is 6. The monoisotopic (exact) mass is 372 g/mol. The molecule has 2 aromatic carbocycles.